The Balaban J connectivity index is 1.63. The molecular weight excluding hydrogens is 438 g/mol. The Labute approximate surface area is 179 Å². The minimum Gasteiger partial charge on any atom is -0.353 e. The van der Waals surface area contributed by atoms with Crippen molar-refractivity contribution in [1.29, 1.82) is 0 Å². The van der Waals surface area contributed by atoms with Crippen molar-refractivity contribution in [2.45, 2.75) is 38.3 Å². The molecule has 32 heavy (non-hydrogen) atoms. The second-order valence-electron chi connectivity index (χ2n) is 7.92. The Morgan fingerprint density at radius 1 is 0.969 bits per heavy atom. The van der Waals surface area contributed by atoms with Gasteiger partial charge in [0.05, 0.1) is 18.3 Å². The third-order valence-corrected chi connectivity index (χ3v) is 5.49. The first kappa shape index (κ1) is 22.3. The van der Waals surface area contributed by atoms with Crippen LogP contribution in [-0.4, -0.2) is 62.1 Å². The number of anilines is 1. The molecule has 0 amide bonds. The highest BCUT2D eigenvalue weighted by atomic mass is 19.4. The number of nitrogens with zero attached hydrogens (tertiary/aromatic N) is 6. The van der Waals surface area contributed by atoms with E-state index in [1.54, 1.807) is 19.9 Å². The fraction of sp³-hybridized carbons (Fsp3) is 0.450. The summed E-state index contributed by atoms with van der Waals surface area (Å²) in [5.74, 6) is 0.662. The predicted octanol–water partition coefficient (Wildman–Crippen LogP) is 4.27. The number of piperazine rings is 1. The van der Waals surface area contributed by atoms with Gasteiger partial charge in [-0.05, 0) is 32.0 Å². The van der Waals surface area contributed by atoms with Crippen LogP contribution in [0.5, 0.6) is 0 Å². The van der Waals surface area contributed by atoms with E-state index in [1.165, 1.54) is 27.8 Å². The van der Waals surface area contributed by atoms with E-state index in [9.17, 15) is 26.3 Å². The number of pyridine rings is 1. The molecule has 172 valence electrons. The highest BCUT2D eigenvalue weighted by Crippen LogP contribution is 2.31. The van der Waals surface area contributed by atoms with Crippen molar-refractivity contribution in [3.8, 4) is 11.5 Å². The van der Waals surface area contributed by atoms with Gasteiger partial charge in [0.2, 0.25) is 0 Å². The number of alkyl halides is 6. The molecule has 4 rings (SSSR count). The fourth-order valence-electron chi connectivity index (χ4n) is 4.02. The van der Waals surface area contributed by atoms with E-state index in [0.717, 1.165) is 12.3 Å². The second-order valence-corrected chi connectivity index (χ2v) is 7.92. The lowest BCUT2D eigenvalue weighted by Crippen LogP contribution is -2.59. The van der Waals surface area contributed by atoms with Crippen molar-refractivity contribution in [2.24, 2.45) is 0 Å². The molecule has 0 bridgehead atoms. The van der Waals surface area contributed by atoms with Crippen LogP contribution in [0.25, 0.3) is 17.2 Å². The first-order valence-corrected chi connectivity index (χ1v) is 9.87. The van der Waals surface area contributed by atoms with Gasteiger partial charge in [0.25, 0.3) is 0 Å². The molecule has 0 aromatic carbocycles. The molecule has 3 aromatic rings. The Bertz CT molecular complexity index is 1100. The zero-order valence-electron chi connectivity index (χ0n) is 17.2. The molecule has 12 heteroatoms. The van der Waals surface area contributed by atoms with Gasteiger partial charge in [-0.3, -0.25) is 9.30 Å². The summed E-state index contributed by atoms with van der Waals surface area (Å²) in [6.07, 6.45) is -5.00. The Morgan fingerprint density at radius 2 is 1.66 bits per heavy atom. The van der Waals surface area contributed by atoms with E-state index in [1.807, 2.05) is 4.90 Å². The van der Waals surface area contributed by atoms with Gasteiger partial charge in [0.1, 0.15) is 17.2 Å². The lowest BCUT2D eigenvalue weighted by Gasteiger charge is -2.45. The summed E-state index contributed by atoms with van der Waals surface area (Å²) >= 11 is 0. The summed E-state index contributed by atoms with van der Waals surface area (Å²) in [7, 11) is 0. The zero-order valence-corrected chi connectivity index (χ0v) is 17.2. The fourth-order valence-corrected chi connectivity index (χ4v) is 4.02. The van der Waals surface area contributed by atoms with E-state index in [-0.39, 0.29) is 23.6 Å². The van der Waals surface area contributed by atoms with Crippen LogP contribution in [0.1, 0.15) is 19.4 Å². The van der Waals surface area contributed by atoms with Crippen LogP contribution in [0.2, 0.25) is 0 Å². The molecule has 6 nitrogen and oxygen atoms in total. The molecule has 1 aliphatic heterocycles. The molecular formula is C20H20F6N6. The van der Waals surface area contributed by atoms with Crippen molar-refractivity contribution in [1.82, 2.24) is 24.3 Å². The highest BCUT2D eigenvalue weighted by molar-refractivity contribution is 5.59. The Morgan fingerprint density at radius 3 is 2.28 bits per heavy atom. The van der Waals surface area contributed by atoms with Gasteiger partial charge in [0, 0.05) is 37.6 Å². The number of hydrogen-bond acceptors (Lipinski definition) is 5. The van der Waals surface area contributed by atoms with Gasteiger partial charge in [0.15, 0.2) is 5.82 Å². The maximum atomic E-state index is 13.1. The first-order valence-electron chi connectivity index (χ1n) is 9.87. The lowest BCUT2D eigenvalue weighted by molar-refractivity contribution is -0.156. The van der Waals surface area contributed by atoms with E-state index < -0.39 is 24.5 Å². The molecule has 0 radical (unpaired) electrons. The van der Waals surface area contributed by atoms with E-state index in [4.69, 9.17) is 0 Å². The Hall–Kier alpha value is -2.89. The number of imidazole rings is 1. The van der Waals surface area contributed by atoms with Gasteiger partial charge in [-0.1, -0.05) is 0 Å². The summed E-state index contributed by atoms with van der Waals surface area (Å²) in [5.41, 5.74) is -0.237. The number of rotatable bonds is 3. The van der Waals surface area contributed by atoms with Gasteiger partial charge in [-0.15, -0.1) is 0 Å². The summed E-state index contributed by atoms with van der Waals surface area (Å²) in [4.78, 5) is 16.0. The summed E-state index contributed by atoms with van der Waals surface area (Å²) in [6, 6.07) is 3.10. The molecule has 2 atom stereocenters. The van der Waals surface area contributed by atoms with Crippen LogP contribution in [0.3, 0.4) is 0 Å². The first-order chi connectivity index (χ1) is 14.9. The van der Waals surface area contributed by atoms with Gasteiger partial charge in [-0.25, -0.2) is 15.0 Å². The molecule has 0 N–H and O–H groups in total. The van der Waals surface area contributed by atoms with Gasteiger partial charge < -0.3 is 4.90 Å². The maximum absolute atomic E-state index is 13.1. The average Bonchev–Trinajstić information content (AvgIpc) is 3.12. The second kappa shape index (κ2) is 7.91. The summed E-state index contributed by atoms with van der Waals surface area (Å²) < 4.78 is 79.3. The van der Waals surface area contributed by atoms with Gasteiger partial charge in [-0.2, -0.15) is 26.3 Å². The Kier molecular flexibility index (Phi) is 5.51. The molecule has 4 heterocycles. The van der Waals surface area contributed by atoms with E-state index in [2.05, 4.69) is 15.0 Å². The van der Waals surface area contributed by atoms with Crippen LogP contribution >= 0.6 is 0 Å². The molecule has 1 saturated heterocycles. The van der Waals surface area contributed by atoms with Crippen LogP contribution in [0.15, 0.2) is 36.8 Å². The number of hydrogen-bond donors (Lipinski definition) is 0. The number of halogens is 6. The third kappa shape index (κ3) is 4.50. The maximum Gasteiger partial charge on any atom is 0.417 e. The highest BCUT2D eigenvalue weighted by Gasteiger charge is 2.38. The van der Waals surface area contributed by atoms with Crippen LogP contribution in [-0.2, 0) is 6.18 Å². The van der Waals surface area contributed by atoms with Crippen molar-refractivity contribution in [2.75, 3.05) is 24.5 Å². The zero-order chi connectivity index (χ0) is 23.3. The smallest absolute Gasteiger partial charge is 0.353 e. The molecule has 3 aromatic heterocycles. The van der Waals surface area contributed by atoms with Crippen LogP contribution < -0.4 is 4.90 Å². The number of aromatic nitrogens is 4. The van der Waals surface area contributed by atoms with Crippen molar-refractivity contribution in [3.05, 3.63) is 42.4 Å². The van der Waals surface area contributed by atoms with E-state index >= 15 is 0 Å². The van der Waals surface area contributed by atoms with Gasteiger partial charge >= 0.3 is 12.4 Å². The number of fused-ring (bicyclic) bond motifs is 1. The molecule has 0 aliphatic carbocycles. The lowest BCUT2D eigenvalue weighted by atomic mass is 10.1. The summed E-state index contributed by atoms with van der Waals surface area (Å²) in [5, 5.41) is 0. The van der Waals surface area contributed by atoms with Crippen molar-refractivity contribution >= 4 is 11.5 Å². The molecule has 1 aliphatic rings. The minimum absolute atomic E-state index is 0.173. The monoisotopic (exact) mass is 458 g/mol. The topological polar surface area (TPSA) is 49.6 Å². The summed E-state index contributed by atoms with van der Waals surface area (Å²) in [6.45, 7) is 3.10. The van der Waals surface area contributed by atoms with Crippen LogP contribution in [0.4, 0.5) is 32.2 Å². The molecule has 1 fully saturated rings. The van der Waals surface area contributed by atoms with Crippen molar-refractivity contribution in [3.63, 3.8) is 0 Å². The SMILES string of the molecule is CC1CN(c2ccnc(-c3cnc4ccc(C(F)(F)F)cn34)n2)CC(C)N1CC(F)(F)F. The molecule has 0 spiro atoms. The van der Waals surface area contributed by atoms with Crippen molar-refractivity contribution < 1.29 is 26.3 Å². The normalized spacial score (nSPS) is 20.8. The largest absolute Gasteiger partial charge is 0.417 e. The average molecular weight is 458 g/mol. The predicted molar refractivity (Wildman–Crippen MR) is 105 cm³/mol. The molecule has 0 saturated carbocycles. The van der Waals surface area contributed by atoms with E-state index in [0.29, 0.717) is 24.6 Å². The quantitative estimate of drug-likeness (QED) is 0.549. The standard InChI is InChI=1S/C20H20F6N6/c1-12-8-30(9-13(2)32(12)11-19(21,22)23)17-5-6-27-18(29-17)15-7-28-16-4-3-14(10-31(15)16)20(24,25)26/h3-7,10,12-13H,8-9,11H2,1-2H3. The van der Waals surface area contributed by atoms with Crippen LogP contribution in [0, 0.1) is 0 Å². The molecule has 2 unspecified atom stereocenters. The third-order valence-electron chi connectivity index (χ3n) is 5.49. The minimum atomic E-state index is -4.51.